The maximum Gasteiger partial charge on any atom is 0.271 e. The van der Waals surface area contributed by atoms with Crippen LogP contribution >= 0.6 is 23.4 Å². The van der Waals surface area contributed by atoms with Gasteiger partial charge in [-0.2, -0.15) is 0 Å². The van der Waals surface area contributed by atoms with Gasteiger partial charge >= 0.3 is 0 Å². The number of thioether (sulfide) groups is 1. The van der Waals surface area contributed by atoms with Crippen LogP contribution in [0, 0.1) is 10.1 Å². The predicted octanol–water partition coefficient (Wildman–Crippen LogP) is 4.26. The Kier molecular flexibility index (Phi) is 6.96. The van der Waals surface area contributed by atoms with Crippen LogP contribution < -0.4 is 10.9 Å². The second-order valence-corrected chi connectivity index (χ2v) is 9.35. The van der Waals surface area contributed by atoms with Crippen molar-refractivity contribution in [3.05, 3.63) is 68.0 Å². The van der Waals surface area contributed by atoms with Crippen LogP contribution in [0.4, 0.5) is 11.4 Å². The Balaban J connectivity index is 1.61. The smallest absolute Gasteiger partial charge is 0.271 e. The Hall–Kier alpha value is -2.95. The van der Waals surface area contributed by atoms with Gasteiger partial charge in [-0.25, -0.2) is 4.98 Å². The van der Waals surface area contributed by atoms with Crippen LogP contribution in [0.1, 0.15) is 19.8 Å². The molecule has 1 amide bonds. The van der Waals surface area contributed by atoms with Gasteiger partial charge in [-0.1, -0.05) is 35.5 Å². The van der Waals surface area contributed by atoms with Gasteiger partial charge < -0.3 is 10.1 Å². The number of amides is 1. The number of rotatable bonds is 7. The summed E-state index contributed by atoms with van der Waals surface area (Å²) in [4.78, 5) is 41.2. The van der Waals surface area contributed by atoms with Gasteiger partial charge in [-0.3, -0.25) is 24.3 Å². The van der Waals surface area contributed by atoms with E-state index in [2.05, 4.69) is 10.3 Å². The highest BCUT2D eigenvalue weighted by molar-refractivity contribution is 8.00. The summed E-state index contributed by atoms with van der Waals surface area (Å²) in [5.74, 6) is -0.423. The number of nitro benzene ring substituents is 1. The second-order valence-electron chi connectivity index (χ2n) is 7.63. The number of fused-ring (bicyclic) bond motifs is 1. The number of benzene rings is 2. The number of ether oxygens (including phenoxy) is 1. The number of hydrogen-bond donors (Lipinski definition) is 1. The second kappa shape index (κ2) is 9.90. The highest BCUT2D eigenvalue weighted by Gasteiger charge is 2.24. The maximum absolute atomic E-state index is 13.2. The Morgan fingerprint density at radius 1 is 1.39 bits per heavy atom. The molecule has 172 valence electrons. The minimum absolute atomic E-state index is 0.0854. The lowest BCUT2D eigenvalue weighted by Crippen LogP contribution is -2.30. The maximum atomic E-state index is 13.2. The number of non-ortho nitro benzene ring substituents is 1. The minimum atomic E-state index is -0.663. The zero-order valence-corrected chi connectivity index (χ0v) is 19.3. The molecular formula is C22H21ClN4O5S. The Morgan fingerprint density at radius 3 is 2.91 bits per heavy atom. The third kappa shape index (κ3) is 5.18. The van der Waals surface area contributed by atoms with Crippen molar-refractivity contribution in [1.82, 2.24) is 9.55 Å². The van der Waals surface area contributed by atoms with E-state index in [4.69, 9.17) is 16.3 Å². The van der Waals surface area contributed by atoms with Gasteiger partial charge in [0.05, 0.1) is 44.4 Å². The zero-order valence-electron chi connectivity index (χ0n) is 17.7. The quantitative estimate of drug-likeness (QED) is 0.228. The summed E-state index contributed by atoms with van der Waals surface area (Å²) < 4.78 is 7.27. The van der Waals surface area contributed by atoms with E-state index in [1.165, 1.54) is 18.2 Å². The molecule has 0 radical (unpaired) electrons. The molecule has 0 saturated carbocycles. The van der Waals surface area contributed by atoms with Crippen molar-refractivity contribution in [2.24, 2.45) is 0 Å². The molecule has 1 saturated heterocycles. The average molecular weight is 489 g/mol. The number of nitro groups is 1. The standard InChI is InChI=1S/C22H21ClN4O5S/c1-13(20(28)24-19-11-14(27(30)31)8-9-17(19)23)33-22-25-18-7-3-2-6-16(18)21(29)26(22)12-15-5-4-10-32-15/h2-3,6-9,11,13,15H,4-5,10,12H2,1H3,(H,24,28)/t13-,15+/m1/s1. The van der Waals surface area contributed by atoms with Crippen molar-refractivity contribution in [3.8, 4) is 0 Å². The molecule has 2 aromatic carbocycles. The molecule has 2 heterocycles. The third-order valence-corrected chi connectivity index (χ3v) is 6.73. The van der Waals surface area contributed by atoms with Crippen LogP contribution in [0.3, 0.4) is 0 Å². The Labute approximate surface area is 198 Å². The molecule has 3 aromatic rings. The molecule has 1 N–H and O–H groups in total. The first-order chi connectivity index (χ1) is 15.8. The van der Waals surface area contributed by atoms with E-state index in [0.717, 1.165) is 24.6 Å². The molecular weight excluding hydrogens is 468 g/mol. The number of nitrogens with one attached hydrogen (secondary N) is 1. The molecule has 0 bridgehead atoms. The SMILES string of the molecule is C[C@@H](Sc1nc2ccccc2c(=O)n1C[C@@H]1CCCO1)C(=O)Nc1cc([N+](=O)[O-])ccc1Cl. The van der Waals surface area contributed by atoms with Crippen molar-refractivity contribution in [1.29, 1.82) is 0 Å². The highest BCUT2D eigenvalue weighted by atomic mass is 35.5. The van der Waals surface area contributed by atoms with E-state index < -0.39 is 16.1 Å². The van der Waals surface area contributed by atoms with E-state index in [-0.39, 0.29) is 28.1 Å². The fourth-order valence-corrected chi connectivity index (χ4v) is 4.64. The lowest BCUT2D eigenvalue weighted by molar-refractivity contribution is -0.384. The first-order valence-corrected chi connectivity index (χ1v) is 11.6. The molecule has 1 aliphatic rings. The first kappa shape index (κ1) is 23.2. The summed E-state index contributed by atoms with van der Waals surface area (Å²) in [6.07, 6.45) is 1.70. The fraction of sp³-hybridized carbons (Fsp3) is 0.318. The molecule has 4 rings (SSSR count). The number of carbonyl (C=O) groups is 1. The van der Waals surface area contributed by atoms with Gasteiger partial charge in [0.1, 0.15) is 0 Å². The monoisotopic (exact) mass is 488 g/mol. The molecule has 2 atom stereocenters. The van der Waals surface area contributed by atoms with Crippen LogP contribution in [0.2, 0.25) is 5.02 Å². The van der Waals surface area contributed by atoms with Crippen molar-refractivity contribution in [3.63, 3.8) is 0 Å². The highest BCUT2D eigenvalue weighted by Crippen LogP contribution is 2.29. The number of carbonyl (C=O) groups excluding carboxylic acids is 1. The summed E-state index contributed by atoms with van der Waals surface area (Å²) in [6.45, 7) is 2.68. The molecule has 0 unspecified atom stereocenters. The van der Waals surface area contributed by atoms with Gasteiger partial charge in [-0.05, 0) is 38.0 Å². The summed E-state index contributed by atoms with van der Waals surface area (Å²) in [6, 6.07) is 10.9. The number of halogens is 1. The van der Waals surface area contributed by atoms with Crippen molar-refractivity contribution in [2.75, 3.05) is 11.9 Å². The third-order valence-electron chi connectivity index (χ3n) is 5.31. The molecule has 1 fully saturated rings. The topological polar surface area (TPSA) is 116 Å². The predicted molar refractivity (Wildman–Crippen MR) is 127 cm³/mol. The molecule has 33 heavy (non-hydrogen) atoms. The van der Waals surface area contributed by atoms with Gasteiger partial charge in [0.25, 0.3) is 11.2 Å². The number of anilines is 1. The van der Waals surface area contributed by atoms with Crippen LogP contribution in [0.5, 0.6) is 0 Å². The Bertz CT molecular complexity index is 1280. The van der Waals surface area contributed by atoms with Gasteiger partial charge in [0, 0.05) is 18.7 Å². The minimum Gasteiger partial charge on any atom is -0.376 e. The Morgan fingerprint density at radius 2 is 2.18 bits per heavy atom. The van der Waals surface area contributed by atoms with Crippen LogP contribution in [0.15, 0.2) is 52.4 Å². The van der Waals surface area contributed by atoms with E-state index in [1.807, 2.05) is 0 Å². The van der Waals surface area contributed by atoms with Gasteiger partial charge in [-0.15, -0.1) is 0 Å². The largest absolute Gasteiger partial charge is 0.376 e. The van der Waals surface area contributed by atoms with Gasteiger partial charge in [0.15, 0.2) is 5.16 Å². The number of para-hydroxylation sites is 1. The number of aromatic nitrogens is 2. The van der Waals surface area contributed by atoms with E-state index in [1.54, 1.807) is 35.8 Å². The summed E-state index contributed by atoms with van der Waals surface area (Å²) >= 11 is 7.23. The van der Waals surface area contributed by atoms with Crippen LogP contribution in [-0.2, 0) is 16.1 Å². The molecule has 1 aliphatic heterocycles. The molecule has 11 heteroatoms. The van der Waals surface area contributed by atoms with Crippen molar-refractivity contribution >= 4 is 51.5 Å². The molecule has 0 aliphatic carbocycles. The van der Waals surface area contributed by atoms with Gasteiger partial charge in [0.2, 0.25) is 5.91 Å². The zero-order chi connectivity index (χ0) is 23.5. The van der Waals surface area contributed by atoms with Crippen LogP contribution in [0.25, 0.3) is 10.9 Å². The number of nitrogens with zero attached hydrogens (tertiary/aromatic N) is 3. The van der Waals surface area contributed by atoms with Crippen molar-refractivity contribution in [2.45, 2.75) is 42.8 Å². The van der Waals surface area contributed by atoms with Crippen LogP contribution in [-0.4, -0.2) is 38.3 Å². The lowest BCUT2D eigenvalue weighted by Gasteiger charge is -2.18. The average Bonchev–Trinajstić information content (AvgIpc) is 3.31. The van der Waals surface area contributed by atoms with E-state index in [0.29, 0.717) is 29.2 Å². The summed E-state index contributed by atoms with van der Waals surface area (Å²) in [7, 11) is 0. The van der Waals surface area contributed by atoms with E-state index in [9.17, 15) is 19.7 Å². The molecule has 1 aromatic heterocycles. The summed E-state index contributed by atoms with van der Waals surface area (Å²) in [5, 5.41) is 14.1. The normalized spacial score (nSPS) is 16.6. The summed E-state index contributed by atoms with van der Waals surface area (Å²) in [5.41, 5.74) is 0.319. The first-order valence-electron chi connectivity index (χ1n) is 10.4. The molecule has 9 nitrogen and oxygen atoms in total. The number of hydrogen-bond acceptors (Lipinski definition) is 7. The van der Waals surface area contributed by atoms with Crippen molar-refractivity contribution < 1.29 is 14.5 Å². The lowest BCUT2D eigenvalue weighted by atomic mass is 10.2. The molecule has 0 spiro atoms. The fourth-order valence-electron chi connectivity index (χ4n) is 3.56. The van der Waals surface area contributed by atoms with E-state index >= 15 is 0 Å².